The number of nitrogens with one attached hydrogen (secondary N) is 1. The van der Waals surface area contributed by atoms with Gasteiger partial charge in [0.05, 0.1) is 5.75 Å². The summed E-state index contributed by atoms with van der Waals surface area (Å²) in [6.45, 7) is 5.11. The molecule has 0 aromatic rings. The highest BCUT2D eigenvalue weighted by Crippen LogP contribution is 2.17. The van der Waals surface area contributed by atoms with Crippen LogP contribution in [0.3, 0.4) is 0 Å². The van der Waals surface area contributed by atoms with E-state index in [4.69, 9.17) is 0 Å². The second-order valence-electron chi connectivity index (χ2n) is 5.39. The predicted molar refractivity (Wildman–Crippen MR) is 72.2 cm³/mol. The van der Waals surface area contributed by atoms with Gasteiger partial charge in [-0.05, 0) is 25.8 Å². The van der Waals surface area contributed by atoms with Crippen LogP contribution in [0.5, 0.6) is 0 Å². The average Bonchev–Trinajstić information content (AvgIpc) is 2.63. The molecule has 1 atom stereocenters. The van der Waals surface area contributed by atoms with Crippen molar-refractivity contribution in [1.82, 2.24) is 10.2 Å². The molecule has 1 unspecified atom stereocenters. The SMILES string of the molecule is CNCC1CCCN1C(=O)CS(=O)(=O)CC(C)C. The van der Waals surface area contributed by atoms with E-state index in [1.165, 1.54) is 0 Å². The third kappa shape index (κ3) is 4.57. The smallest absolute Gasteiger partial charge is 0.238 e. The molecule has 18 heavy (non-hydrogen) atoms. The van der Waals surface area contributed by atoms with Crippen molar-refractivity contribution in [2.45, 2.75) is 32.7 Å². The van der Waals surface area contributed by atoms with E-state index < -0.39 is 9.84 Å². The van der Waals surface area contributed by atoms with Crippen molar-refractivity contribution in [3.05, 3.63) is 0 Å². The van der Waals surface area contributed by atoms with Crippen LogP contribution in [0, 0.1) is 5.92 Å². The zero-order valence-electron chi connectivity index (χ0n) is 11.5. The molecule has 1 aliphatic rings. The highest BCUT2D eigenvalue weighted by atomic mass is 32.2. The summed E-state index contributed by atoms with van der Waals surface area (Å²) in [6, 6.07) is 0.150. The van der Waals surface area contributed by atoms with Crippen molar-refractivity contribution < 1.29 is 13.2 Å². The Morgan fingerprint density at radius 3 is 2.67 bits per heavy atom. The summed E-state index contributed by atoms with van der Waals surface area (Å²) in [7, 11) is -1.42. The van der Waals surface area contributed by atoms with Crippen molar-refractivity contribution in [2.75, 3.05) is 31.6 Å². The average molecular weight is 276 g/mol. The minimum atomic E-state index is -3.27. The second-order valence-corrected chi connectivity index (χ2v) is 7.50. The number of likely N-dealkylation sites (tertiary alicyclic amines) is 1. The molecule has 1 saturated heterocycles. The maximum absolute atomic E-state index is 12.0. The summed E-state index contributed by atoms with van der Waals surface area (Å²) in [4.78, 5) is 13.8. The fraction of sp³-hybridized carbons (Fsp3) is 0.917. The molecule has 1 N–H and O–H groups in total. The molecule has 1 aliphatic heterocycles. The molecule has 1 fully saturated rings. The molecule has 0 bridgehead atoms. The maximum Gasteiger partial charge on any atom is 0.238 e. The molecule has 0 spiro atoms. The van der Waals surface area contributed by atoms with Gasteiger partial charge in [0, 0.05) is 19.1 Å². The molecule has 1 amide bonds. The van der Waals surface area contributed by atoms with Crippen molar-refractivity contribution in [3.8, 4) is 0 Å². The third-order valence-corrected chi connectivity index (χ3v) is 4.93. The second kappa shape index (κ2) is 6.52. The number of likely N-dealkylation sites (N-methyl/N-ethyl adjacent to an activating group) is 1. The molecule has 0 aliphatic carbocycles. The van der Waals surface area contributed by atoms with E-state index >= 15 is 0 Å². The van der Waals surface area contributed by atoms with E-state index in [1.54, 1.807) is 4.90 Å². The van der Waals surface area contributed by atoms with Gasteiger partial charge in [0.1, 0.15) is 5.75 Å². The molecule has 0 radical (unpaired) electrons. The monoisotopic (exact) mass is 276 g/mol. The first-order valence-corrected chi connectivity index (χ1v) is 8.32. The van der Waals surface area contributed by atoms with Crippen molar-refractivity contribution >= 4 is 15.7 Å². The number of carbonyl (C=O) groups excluding carboxylic acids is 1. The highest BCUT2D eigenvalue weighted by Gasteiger charge is 2.30. The molecule has 0 aromatic carbocycles. The molecule has 6 heteroatoms. The lowest BCUT2D eigenvalue weighted by molar-refractivity contribution is -0.129. The zero-order valence-corrected chi connectivity index (χ0v) is 12.3. The van der Waals surface area contributed by atoms with Gasteiger partial charge >= 0.3 is 0 Å². The van der Waals surface area contributed by atoms with E-state index in [0.717, 1.165) is 19.4 Å². The van der Waals surface area contributed by atoms with Gasteiger partial charge in [0.25, 0.3) is 0 Å². The first-order chi connectivity index (χ1) is 8.35. The largest absolute Gasteiger partial charge is 0.338 e. The van der Waals surface area contributed by atoms with Gasteiger partial charge in [0.15, 0.2) is 9.84 Å². The Balaban J connectivity index is 2.59. The number of amides is 1. The minimum Gasteiger partial charge on any atom is -0.338 e. The van der Waals surface area contributed by atoms with Crippen LogP contribution in [0.4, 0.5) is 0 Å². The Hall–Kier alpha value is -0.620. The van der Waals surface area contributed by atoms with Gasteiger partial charge in [-0.3, -0.25) is 4.79 Å². The lowest BCUT2D eigenvalue weighted by atomic mass is 10.2. The Bertz CT molecular complexity index is 379. The van der Waals surface area contributed by atoms with Crippen molar-refractivity contribution in [2.24, 2.45) is 5.92 Å². The molecule has 0 aromatic heterocycles. The Kier molecular flexibility index (Phi) is 5.59. The molecule has 1 rings (SSSR count). The zero-order chi connectivity index (χ0) is 13.8. The van der Waals surface area contributed by atoms with Gasteiger partial charge < -0.3 is 10.2 Å². The van der Waals surface area contributed by atoms with E-state index in [-0.39, 0.29) is 29.4 Å². The molecule has 1 heterocycles. The van der Waals surface area contributed by atoms with Crippen molar-refractivity contribution in [3.63, 3.8) is 0 Å². The van der Waals surface area contributed by atoms with E-state index in [2.05, 4.69) is 5.32 Å². The van der Waals surface area contributed by atoms with Gasteiger partial charge in [-0.1, -0.05) is 13.8 Å². The number of sulfone groups is 1. The van der Waals surface area contributed by atoms with Crippen LogP contribution in [-0.4, -0.2) is 56.9 Å². The summed E-state index contributed by atoms with van der Waals surface area (Å²) in [6.07, 6.45) is 1.92. The molecular formula is C12H24N2O3S. The number of nitrogens with zero attached hydrogens (tertiary/aromatic N) is 1. The molecule has 5 nitrogen and oxygen atoms in total. The van der Waals surface area contributed by atoms with E-state index in [9.17, 15) is 13.2 Å². The summed E-state index contributed by atoms with van der Waals surface area (Å²) >= 11 is 0. The van der Waals surface area contributed by atoms with Crippen LogP contribution in [0.1, 0.15) is 26.7 Å². The van der Waals surface area contributed by atoms with Crippen LogP contribution >= 0.6 is 0 Å². The number of rotatable bonds is 6. The first kappa shape index (κ1) is 15.4. The van der Waals surface area contributed by atoms with Crippen LogP contribution < -0.4 is 5.32 Å². The predicted octanol–water partition coefficient (Wildman–Crippen LogP) is 0.268. The number of hydrogen-bond acceptors (Lipinski definition) is 4. The highest BCUT2D eigenvalue weighted by molar-refractivity contribution is 7.92. The lowest BCUT2D eigenvalue weighted by Crippen LogP contribution is -2.43. The fourth-order valence-electron chi connectivity index (χ4n) is 2.45. The standard InChI is InChI=1S/C12H24N2O3S/c1-10(2)8-18(16,17)9-12(15)14-6-4-5-11(14)7-13-3/h10-11,13H,4-9H2,1-3H3. The quantitative estimate of drug-likeness (QED) is 0.756. The summed E-state index contributed by atoms with van der Waals surface area (Å²) in [5.74, 6) is -0.433. The molecular weight excluding hydrogens is 252 g/mol. The third-order valence-electron chi connectivity index (χ3n) is 3.07. The number of hydrogen-bond donors (Lipinski definition) is 1. The van der Waals surface area contributed by atoms with Gasteiger partial charge in [-0.15, -0.1) is 0 Å². The summed E-state index contributed by atoms with van der Waals surface area (Å²) in [5.41, 5.74) is 0. The van der Waals surface area contributed by atoms with Gasteiger partial charge in [-0.25, -0.2) is 8.42 Å². The maximum atomic E-state index is 12.0. The Morgan fingerprint density at radius 1 is 1.44 bits per heavy atom. The fourth-order valence-corrected chi connectivity index (χ4v) is 4.13. The van der Waals surface area contributed by atoms with Gasteiger partial charge in [0.2, 0.25) is 5.91 Å². The number of carbonyl (C=O) groups is 1. The normalized spacial score (nSPS) is 20.7. The van der Waals surface area contributed by atoms with Crippen LogP contribution in [0.15, 0.2) is 0 Å². The summed E-state index contributed by atoms with van der Waals surface area (Å²) in [5, 5.41) is 3.05. The van der Waals surface area contributed by atoms with Crippen LogP contribution in [0.2, 0.25) is 0 Å². The molecule has 0 saturated carbocycles. The van der Waals surface area contributed by atoms with E-state index in [0.29, 0.717) is 6.54 Å². The Morgan fingerprint density at radius 2 is 2.11 bits per heavy atom. The van der Waals surface area contributed by atoms with Gasteiger partial charge in [-0.2, -0.15) is 0 Å². The van der Waals surface area contributed by atoms with Crippen LogP contribution in [0.25, 0.3) is 0 Å². The first-order valence-electron chi connectivity index (χ1n) is 6.50. The van der Waals surface area contributed by atoms with Crippen LogP contribution in [-0.2, 0) is 14.6 Å². The lowest BCUT2D eigenvalue weighted by Gasteiger charge is -2.24. The minimum absolute atomic E-state index is 0.0643. The molecule has 106 valence electrons. The topological polar surface area (TPSA) is 66.5 Å². The van der Waals surface area contributed by atoms with E-state index in [1.807, 2.05) is 20.9 Å². The Labute approximate surface area is 110 Å². The van der Waals surface area contributed by atoms with Crippen molar-refractivity contribution in [1.29, 1.82) is 0 Å². The summed E-state index contributed by atoms with van der Waals surface area (Å²) < 4.78 is 23.6.